The molecule has 68 valence electrons. The summed E-state index contributed by atoms with van der Waals surface area (Å²) in [5, 5.41) is 11.9. The van der Waals surface area contributed by atoms with Gasteiger partial charge in [-0.2, -0.15) is 5.26 Å². The van der Waals surface area contributed by atoms with Crippen LogP contribution in [0.1, 0.15) is 18.5 Å². The van der Waals surface area contributed by atoms with Crippen LogP contribution in [0.4, 0.5) is 0 Å². The maximum atomic E-state index is 8.86. The molecule has 1 aromatic carbocycles. The third-order valence-corrected chi connectivity index (χ3v) is 2.27. The van der Waals surface area contributed by atoms with E-state index in [1.165, 1.54) is 0 Å². The third kappa shape index (κ3) is 2.83. The molecule has 2 nitrogen and oxygen atoms in total. The zero-order valence-electron chi connectivity index (χ0n) is 7.42. The molecule has 0 aliphatic heterocycles. The number of nitrogens with one attached hydrogen (secondary N) is 1. The summed E-state index contributed by atoms with van der Waals surface area (Å²) in [5.41, 5.74) is 1.01. The molecule has 0 fully saturated rings. The lowest BCUT2D eigenvalue weighted by molar-refractivity contribution is 0.658. The maximum Gasteiger partial charge on any atom is 0.121 e. The number of nitriles is 1. The van der Waals surface area contributed by atoms with Crippen molar-refractivity contribution in [1.29, 1.82) is 5.26 Å². The molecule has 13 heavy (non-hydrogen) atoms. The summed E-state index contributed by atoms with van der Waals surface area (Å²) in [6.07, 6.45) is 0. The molecule has 0 radical (unpaired) electrons. The normalized spacial score (nSPS) is 12.1. The Bertz CT molecular complexity index is 300. The largest absolute Gasteiger partial charge is 0.298 e. The summed E-state index contributed by atoms with van der Waals surface area (Å²) in [4.78, 5) is 0. The van der Waals surface area contributed by atoms with Gasteiger partial charge in [0.05, 0.1) is 6.07 Å². The molecule has 1 atom stereocenters. The lowest BCUT2D eigenvalue weighted by Gasteiger charge is -2.09. The van der Waals surface area contributed by atoms with Gasteiger partial charge in [-0.15, -0.1) is 0 Å². The van der Waals surface area contributed by atoms with Crippen LogP contribution in [0.25, 0.3) is 0 Å². The Morgan fingerprint density at radius 2 is 2.08 bits per heavy atom. The number of hydrogen-bond acceptors (Lipinski definition) is 2. The first-order valence-corrected chi connectivity index (χ1v) is 4.95. The molecule has 1 N–H and O–H groups in total. The Balaban J connectivity index is 2.81. The molecule has 0 aliphatic rings. The van der Waals surface area contributed by atoms with E-state index in [2.05, 4.69) is 27.3 Å². The van der Waals surface area contributed by atoms with Crippen molar-refractivity contribution in [3.05, 3.63) is 34.3 Å². The molecule has 1 rings (SSSR count). The van der Waals surface area contributed by atoms with Crippen LogP contribution in [-0.4, -0.2) is 6.54 Å². The van der Waals surface area contributed by atoms with Gasteiger partial charge in [0.15, 0.2) is 0 Å². The minimum absolute atomic E-state index is 0.196. The molecular weight excluding hydrogens is 228 g/mol. The van der Waals surface area contributed by atoms with Crippen molar-refractivity contribution in [2.45, 2.75) is 13.0 Å². The van der Waals surface area contributed by atoms with E-state index in [9.17, 15) is 0 Å². The second-order valence-corrected chi connectivity index (χ2v) is 3.59. The van der Waals surface area contributed by atoms with E-state index in [1.807, 2.05) is 31.2 Å². The first kappa shape index (κ1) is 10.2. The number of rotatable bonds is 3. The molecule has 1 unspecified atom stereocenters. The fraction of sp³-hybridized carbons (Fsp3) is 0.300. The van der Waals surface area contributed by atoms with E-state index in [0.717, 1.165) is 16.6 Å². The van der Waals surface area contributed by atoms with Crippen LogP contribution in [0, 0.1) is 11.3 Å². The summed E-state index contributed by atoms with van der Waals surface area (Å²) in [5.74, 6) is 0. The van der Waals surface area contributed by atoms with Crippen LogP contribution >= 0.6 is 15.9 Å². The van der Waals surface area contributed by atoms with Gasteiger partial charge in [-0.3, -0.25) is 5.32 Å². The van der Waals surface area contributed by atoms with Gasteiger partial charge in [0.25, 0.3) is 0 Å². The summed E-state index contributed by atoms with van der Waals surface area (Å²) in [6.45, 7) is 2.79. The van der Waals surface area contributed by atoms with Gasteiger partial charge in [0.1, 0.15) is 6.04 Å². The van der Waals surface area contributed by atoms with Gasteiger partial charge < -0.3 is 0 Å². The summed E-state index contributed by atoms with van der Waals surface area (Å²) < 4.78 is 1.03. The summed E-state index contributed by atoms with van der Waals surface area (Å²) in [6, 6.07) is 9.79. The lowest BCUT2D eigenvalue weighted by Crippen LogP contribution is -2.18. The Morgan fingerprint density at radius 1 is 1.46 bits per heavy atom. The monoisotopic (exact) mass is 238 g/mol. The number of benzene rings is 1. The molecule has 0 saturated heterocycles. The highest BCUT2D eigenvalue weighted by Gasteiger charge is 2.06. The number of halogens is 1. The Kier molecular flexibility index (Phi) is 3.94. The summed E-state index contributed by atoms with van der Waals surface area (Å²) in [7, 11) is 0. The van der Waals surface area contributed by atoms with Gasteiger partial charge in [0.2, 0.25) is 0 Å². The molecule has 0 heterocycles. The van der Waals surface area contributed by atoms with Crippen LogP contribution in [0.5, 0.6) is 0 Å². The zero-order chi connectivity index (χ0) is 9.68. The van der Waals surface area contributed by atoms with Gasteiger partial charge in [0, 0.05) is 4.47 Å². The van der Waals surface area contributed by atoms with Crippen LogP contribution in [-0.2, 0) is 0 Å². The highest BCUT2D eigenvalue weighted by atomic mass is 79.9. The fourth-order valence-electron chi connectivity index (χ4n) is 1.10. The van der Waals surface area contributed by atoms with Gasteiger partial charge in [-0.25, -0.2) is 0 Å². The van der Waals surface area contributed by atoms with Crippen molar-refractivity contribution in [3.8, 4) is 6.07 Å². The Morgan fingerprint density at radius 3 is 2.54 bits per heavy atom. The maximum absolute atomic E-state index is 8.86. The first-order chi connectivity index (χ1) is 6.27. The second-order valence-electron chi connectivity index (χ2n) is 2.67. The molecule has 0 bridgehead atoms. The van der Waals surface area contributed by atoms with E-state index in [-0.39, 0.29) is 6.04 Å². The van der Waals surface area contributed by atoms with E-state index in [1.54, 1.807) is 0 Å². The smallest absolute Gasteiger partial charge is 0.121 e. The van der Waals surface area contributed by atoms with Crippen LogP contribution in [0.3, 0.4) is 0 Å². The van der Waals surface area contributed by atoms with Crippen molar-refractivity contribution in [2.24, 2.45) is 0 Å². The molecule has 0 aliphatic carbocycles. The molecule has 3 heteroatoms. The second kappa shape index (κ2) is 5.00. The van der Waals surface area contributed by atoms with E-state index >= 15 is 0 Å². The van der Waals surface area contributed by atoms with E-state index in [4.69, 9.17) is 5.26 Å². The zero-order valence-corrected chi connectivity index (χ0v) is 9.01. The van der Waals surface area contributed by atoms with E-state index < -0.39 is 0 Å². The Labute approximate surface area is 86.7 Å². The molecular formula is C10H11BrN2. The molecule has 1 aromatic rings. The number of hydrogen-bond donors (Lipinski definition) is 1. The molecule has 0 saturated carbocycles. The van der Waals surface area contributed by atoms with Gasteiger partial charge in [-0.05, 0) is 24.2 Å². The predicted octanol–water partition coefficient (Wildman–Crippen LogP) is 2.62. The molecule has 0 amide bonds. The fourth-order valence-corrected chi connectivity index (χ4v) is 1.36. The van der Waals surface area contributed by atoms with Crippen molar-refractivity contribution < 1.29 is 0 Å². The van der Waals surface area contributed by atoms with Crippen molar-refractivity contribution >= 4 is 15.9 Å². The summed E-state index contributed by atoms with van der Waals surface area (Å²) >= 11 is 3.35. The molecule has 0 spiro atoms. The Hall–Kier alpha value is -0.850. The van der Waals surface area contributed by atoms with Crippen LogP contribution in [0.15, 0.2) is 28.7 Å². The van der Waals surface area contributed by atoms with Gasteiger partial charge in [-0.1, -0.05) is 35.0 Å². The minimum Gasteiger partial charge on any atom is -0.298 e. The van der Waals surface area contributed by atoms with Crippen LogP contribution < -0.4 is 5.32 Å². The third-order valence-electron chi connectivity index (χ3n) is 1.74. The average Bonchev–Trinajstić information content (AvgIpc) is 2.16. The van der Waals surface area contributed by atoms with E-state index in [0.29, 0.717) is 0 Å². The lowest BCUT2D eigenvalue weighted by atomic mass is 10.1. The van der Waals surface area contributed by atoms with Crippen molar-refractivity contribution in [1.82, 2.24) is 5.32 Å². The van der Waals surface area contributed by atoms with Crippen molar-refractivity contribution in [3.63, 3.8) is 0 Å². The van der Waals surface area contributed by atoms with Crippen LogP contribution in [0.2, 0.25) is 0 Å². The standard InChI is InChI=1S/C10H11BrN2/c1-2-13-10(7-12)8-3-5-9(11)6-4-8/h3-6,10,13H,2H2,1H3. The SMILES string of the molecule is CCNC(C#N)c1ccc(Br)cc1. The number of nitrogens with zero attached hydrogens (tertiary/aromatic N) is 1. The quantitative estimate of drug-likeness (QED) is 0.879. The highest BCUT2D eigenvalue weighted by Crippen LogP contribution is 2.15. The van der Waals surface area contributed by atoms with Crippen molar-refractivity contribution in [2.75, 3.05) is 6.54 Å². The topological polar surface area (TPSA) is 35.8 Å². The first-order valence-electron chi connectivity index (χ1n) is 4.16. The van der Waals surface area contributed by atoms with Gasteiger partial charge >= 0.3 is 0 Å². The molecule has 0 aromatic heterocycles. The highest BCUT2D eigenvalue weighted by molar-refractivity contribution is 9.10. The minimum atomic E-state index is -0.196. The average molecular weight is 239 g/mol. The predicted molar refractivity (Wildman–Crippen MR) is 56.2 cm³/mol.